The van der Waals surface area contributed by atoms with Crippen LogP contribution in [0.3, 0.4) is 0 Å². The Morgan fingerprint density at radius 2 is 1.69 bits per heavy atom. The molecule has 35 heavy (non-hydrogen) atoms. The second-order valence-corrected chi connectivity index (χ2v) is 8.24. The Balaban J connectivity index is 1.79. The number of benzene rings is 2. The van der Waals surface area contributed by atoms with Gasteiger partial charge in [0.2, 0.25) is 0 Å². The monoisotopic (exact) mass is 495 g/mol. The van der Waals surface area contributed by atoms with Crippen molar-refractivity contribution in [1.82, 2.24) is 19.5 Å². The molecule has 0 aliphatic rings. The summed E-state index contributed by atoms with van der Waals surface area (Å²) in [6.45, 7) is 1.75. The van der Waals surface area contributed by atoms with Crippen LogP contribution in [0.2, 0.25) is 5.02 Å². The molecule has 0 spiro atoms. The van der Waals surface area contributed by atoms with Crippen LogP contribution in [0.15, 0.2) is 78.0 Å². The highest BCUT2D eigenvalue weighted by Crippen LogP contribution is 2.38. The minimum absolute atomic E-state index is 0.0246. The average Bonchev–Trinajstić information content (AvgIpc) is 2.85. The largest absolute Gasteiger partial charge is 0.417 e. The van der Waals surface area contributed by atoms with Crippen molar-refractivity contribution in [3.63, 3.8) is 0 Å². The topological polar surface area (TPSA) is 72.7 Å². The molecule has 0 bridgehead atoms. The van der Waals surface area contributed by atoms with Crippen LogP contribution in [0.1, 0.15) is 24.2 Å². The Morgan fingerprint density at radius 3 is 2.43 bits per heavy atom. The van der Waals surface area contributed by atoms with Crippen LogP contribution in [0.5, 0.6) is 0 Å². The summed E-state index contributed by atoms with van der Waals surface area (Å²) in [6.07, 6.45) is -1.77. The van der Waals surface area contributed by atoms with E-state index in [1.165, 1.54) is 23.0 Å². The van der Waals surface area contributed by atoms with E-state index in [1.54, 1.807) is 55.6 Å². The second kappa shape index (κ2) is 8.66. The van der Waals surface area contributed by atoms with E-state index in [0.29, 0.717) is 28.2 Å². The molecule has 0 unspecified atom stereocenters. The first kappa shape index (κ1) is 22.8. The van der Waals surface area contributed by atoms with Gasteiger partial charge in [0.05, 0.1) is 33.1 Å². The molecule has 10 heteroatoms. The number of halogens is 4. The highest BCUT2D eigenvalue weighted by molar-refractivity contribution is 6.36. The Morgan fingerprint density at radius 1 is 0.943 bits per heavy atom. The van der Waals surface area contributed by atoms with E-state index in [2.05, 4.69) is 20.3 Å². The maximum absolute atomic E-state index is 13.8. The first-order valence-corrected chi connectivity index (χ1v) is 11.0. The summed E-state index contributed by atoms with van der Waals surface area (Å²) in [5.41, 5.74) is -0.702. The van der Waals surface area contributed by atoms with Crippen molar-refractivity contribution in [2.24, 2.45) is 0 Å². The van der Waals surface area contributed by atoms with Crippen molar-refractivity contribution in [2.75, 3.05) is 5.32 Å². The summed E-state index contributed by atoms with van der Waals surface area (Å²) in [4.78, 5) is 26.3. The van der Waals surface area contributed by atoms with Crippen molar-refractivity contribution in [2.45, 2.75) is 19.1 Å². The molecule has 2 aromatic carbocycles. The van der Waals surface area contributed by atoms with Crippen LogP contribution >= 0.6 is 11.6 Å². The first-order chi connectivity index (χ1) is 16.8. The van der Waals surface area contributed by atoms with Crippen molar-refractivity contribution >= 4 is 39.2 Å². The highest BCUT2D eigenvalue weighted by atomic mass is 35.5. The van der Waals surface area contributed by atoms with E-state index in [1.807, 2.05) is 0 Å². The maximum atomic E-state index is 13.8. The third kappa shape index (κ3) is 3.97. The lowest BCUT2D eigenvalue weighted by atomic mass is 10.0. The molecular weight excluding hydrogens is 479 g/mol. The molecule has 176 valence electrons. The number of aromatic nitrogens is 4. The number of nitrogens with zero attached hydrogens (tertiary/aromatic N) is 4. The zero-order valence-electron chi connectivity index (χ0n) is 18.2. The lowest BCUT2D eigenvalue weighted by Crippen LogP contribution is -2.28. The SMILES string of the molecule is C[C@H](Nc1ncnc2ncccc12)c1c(Cl)c2cccc(C(F)(F)F)c2c(=O)n1-c1ccccc1. The fraction of sp³-hybridized carbons (Fsp3) is 0.120. The van der Waals surface area contributed by atoms with E-state index in [-0.39, 0.29) is 10.4 Å². The molecule has 5 rings (SSSR count). The van der Waals surface area contributed by atoms with Gasteiger partial charge in [-0.1, -0.05) is 41.9 Å². The molecule has 0 aliphatic carbocycles. The molecule has 0 amide bonds. The number of pyridine rings is 2. The van der Waals surface area contributed by atoms with Gasteiger partial charge >= 0.3 is 6.18 Å². The molecule has 5 aromatic rings. The van der Waals surface area contributed by atoms with Crippen LogP contribution in [0.25, 0.3) is 27.5 Å². The Hall–Kier alpha value is -3.98. The van der Waals surface area contributed by atoms with Crippen molar-refractivity contribution in [1.29, 1.82) is 0 Å². The zero-order valence-corrected chi connectivity index (χ0v) is 19.0. The predicted molar refractivity (Wildman–Crippen MR) is 129 cm³/mol. The number of alkyl halides is 3. The van der Waals surface area contributed by atoms with Gasteiger partial charge in [0.25, 0.3) is 5.56 Å². The third-order valence-electron chi connectivity index (χ3n) is 5.68. The molecule has 0 saturated heterocycles. The Labute approximate surface area is 202 Å². The minimum atomic E-state index is -4.73. The smallest absolute Gasteiger partial charge is 0.361 e. The van der Waals surface area contributed by atoms with E-state index in [9.17, 15) is 18.0 Å². The number of anilines is 1. The van der Waals surface area contributed by atoms with Gasteiger partial charge in [-0.05, 0) is 37.3 Å². The van der Waals surface area contributed by atoms with Gasteiger partial charge in [0, 0.05) is 17.3 Å². The molecule has 6 nitrogen and oxygen atoms in total. The number of fused-ring (bicyclic) bond motifs is 2. The van der Waals surface area contributed by atoms with Crippen LogP contribution in [0.4, 0.5) is 19.0 Å². The first-order valence-electron chi connectivity index (χ1n) is 10.6. The lowest BCUT2D eigenvalue weighted by molar-refractivity contribution is -0.136. The average molecular weight is 496 g/mol. The van der Waals surface area contributed by atoms with Crippen molar-refractivity contribution in [3.8, 4) is 5.69 Å². The predicted octanol–water partition coefficient (Wildman–Crippen LogP) is 6.17. The van der Waals surface area contributed by atoms with Gasteiger partial charge in [-0.3, -0.25) is 9.36 Å². The fourth-order valence-electron chi connectivity index (χ4n) is 4.16. The molecular formula is C25H17ClF3N5O. The summed E-state index contributed by atoms with van der Waals surface area (Å²) in [5, 5.41) is 3.45. The number of hydrogen-bond acceptors (Lipinski definition) is 5. The molecule has 3 aromatic heterocycles. The number of para-hydroxylation sites is 1. The zero-order chi connectivity index (χ0) is 24.7. The van der Waals surface area contributed by atoms with Crippen LogP contribution < -0.4 is 10.9 Å². The van der Waals surface area contributed by atoms with Gasteiger partial charge in [0.1, 0.15) is 12.1 Å². The van der Waals surface area contributed by atoms with E-state index >= 15 is 0 Å². The van der Waals surface area contributed by atoms with E-state index in [4.69, 9.17) is 11.6 Å². The van der Waals surface area contributed by atoms with E-state index < -0.39 is 28.7 Å². The van der Waals surface area contributed by atoms with Crippen LogP contribution in [-0.2, 0) is 6.18 Å². The summed E-state index contributed by atoms with van der Waals surface area (Å²) >= 11 is 6.76. The summed E-state index contributed by atoms with van der Waals surface area (Å²) < 4.78 is 42.7. The fourth-order valence-corrected chi connectivity index (χ4v) is 4.57. The molecule has 3 heterocycles. The van der Waals surface area contributed by atoms with Gasteiger partial charge in [-0.25, -0.2) is 15.0 Å². The third-order valence-corrected chi connectivity index (χ3v) is 6.07. The molecule has 0 aliphatic heterocycles. The number of hydrogen-bond donors (Lipinski definition) is 1. The molecule has 1 atom stereocenters. The van der Waals surface area contributed by atoms with Gasteiger partial charge in [0.15, 0.2) is 5.65 Å². The maximum Gasteiger partial charge on any atom is 0.417 e. The summed E-state index contributed by atoms with van der Waals surface area (Å²) in [5.74, 6) is 0.447. The number of nitrogens with one attached hydrogen (secondary N) is 1. The van der Waals surface area contributed by atoms with Gasteiger partial charge < -0.3 is 5.32 Å². The quantitative estimate of drug-likeness (QED) is 0.322. The summed E-state index contributed by atoms with van der Waals surface area (Å²) in [6, 6.07) is 14.9. The lowest BCUT2D eigenvalue weighted by Gasteiger charge is -2.24. The highest BCUT2D eigenvalue weighted by Gasteiger charge is 2.35. The standard InChI is InChI=1S/C25H17ClF3N5O/c1-14(33-23-17-10-6-12-30-22(17)31-13-32-23)21-20(26)16-9-5-11-18(25(27,28)29)19(16)24(35)34(21)15-7-3-2-4-8-15/h2-14H,1H3,(H,30,31,32,33)/t14-/m0/s1. The number of rotatable bonds is 4. The summed E-state index contributed by atoms with van der Waals surface area (Å²) in [7, 11) is 0. The van der Waals surface area contributed by atoms with Crippen LogP contribution in [-0.4, -0.2) is 19.5 Å². The molecule has 0 radical (unpaired) electrons. The van der Waals surface area contributed by atoms with Crippen molar-refractivity contribution < 1.29 is 13.2 Å². The second-order valence-electron chi connectivity index (χ2n) is 7.86. The normalized spacial score (nSPS) is 12.7. The Bertz CT molecular complexity index is 1610. The van der Waals surface area contributed by atoms with Crippen LogP contribution in [0, 0.1) is 0 Å². The van der Waals surface area contributed by atoms with Crippen molar-refractivity contribution in [3.05, 3.63) is 99.8 Å². The Kier molecular flexibility index (Phi) is 5.64. The molecule has 1 N–H and O–H groups in total. The minimum Gasteiger partial charge on any atom is -0.361 e. The van der Waals surface area contributed by atoms with Gasteiger partial charge in [-0.15, -0.1) is 0 Å². The molecule has 0 saturated carbocycles. The van der Waals surface area contributed by atoms with Gasteiger partial charge in [-0.2, -0.15) is 13.2 Å². The van der Waals surface area contributed by atoms with E-state index in [0.717, 1.165) is 6.07 Å². The molecule has 0 fully saturated rings.